The fourth-order valence-electron chi connectivity index (χ4n) is 1.77. The van der Waals surface area contributed by atoms with Crippen LogP contribution in [0.15, 0.2) is 29.2 Å². The van der Waals surface area contributed by atoms with Crippen LogP contribution in [0.3, 0.4) is 0 Å². The maximum Gasteiger partial charge on any atom is 0.348 e. The molecular formula is C13H13N3O3. The third-order valence-electron chi connectivity index (χ3n) is 2.74. The van der Waals surface area contributed by atoms with Crippen LogP contribution < -0.4 is 5.69 Å². The van der Waals surface area contributed by atoms with Gasteiger partial charge in [0, 0.05) is 17.6 Å². The second-order valence-electron chi connectivity index (χ2n) is 4.25. The molecule has 0 aliphatic heterocycles. The summed E-state index contributed by atoms with van der Waals surface area (Å²) in [4.78, 5) is 30.4. The van der Waals surface area contributed by atoms with Crippen molar-refractivity contribution >= 4 is 5.97 Å². The van der Waals surface area contributed by atoms with Gasteiger partial charge < -0.3 is 5.11 Å². The molecule has 0 spiro atoms. The van der Waals surface area contributed by atoms with Crippen LogP contribution in [0, 0.1) is 13.8 Å². The average molecular weight is 259 g/mol. The smallest absolute Gasteiger partial charge is 0.348 e. The van der Waals surface area contributed by atoms with Gasteiger partial charge in [-0.15, -0.1) is 0 Å². The van der Waals surface area contributed by atoms with Crippen molar-refractivity contribution in [3.63, 3.8) is 0 Å². The Bertz CT molecular complexity index is 675. The maximum absolute atomic E-state index is 11.8. The Balaban J connectivity index is 2.31. The molecule has 0 aliphatic rings. The minimum atomic E-state index is -1.02. The van der Waals surface area contributed by atoms with E-state index in [1.807, 2.05) is 13.0 Å². The molecule has 0 atom stereocenters. The molecule has 0 saturated carbocycles. The number of aromatic carboxylic acids is 1. The SMILES string of the molecule is Cc1cc(C)n(Cc2ccc(C(=O)O)cn2)c(=O)n1. The highest BCUT2D eigenvalue weighted by Gasteiger charge is 2.06. The van der Waals surface area contributed by atoms with Crippen LogP contribution in [-0.2, 0) is 6.54 Å². The molecule has 0 aliphatic carbocycles. The second-order valence-corrected chi connectivity index (χ2v) is 4.25. The van der Waals surface area contributed by atoms with E-state index in [2.05, 4.69) is 9.97 Å². The van der Waals surface area contributed by atoms with Gasteiger partial charge in [-0.1, -0.05) is 0 Å². The first-order valence-electron chi connectivity index (χ1n) is 5.70. The fraction of sp³-hybridized carbons (Fsp3) is 0.231. The van der Waals surface area contributed by atoms with Crippen molar-refractivity contribution in [2.75, 3.05) is 0 Å². The lowest BCUT2D eigenvalue weighted by molar-refractivity contribution is 0.0696. The standard InChI is InChI=1S/C13H13N3O3/c1-8-5-9(2)16(13(19)15-8)7-11-4-3-10(6-14-11)12(17)18/h3-6H,7H2,1-2H3,(H,17,18). The molecule has 0 saturated heterocycles. The van der Waals surface area contributed by atoms with Gasteiger partial charge in [0.2, 0.25) is 0 Å². The summed E-state index contributed by atoms with van der Waals surface area (Å²) in [6.07, 6.45) is 1.28. The number of hydrogen-bond acceptors (Lipinski definition) is 4. The lowest BCUT2D eigenvalue weighted by Crippen LogP contribution is -2.26. The van der Waals surface area contributed by atoms with Gasteiger partial charge in [-0.3, -0.25) is 9.55 Å². The van der Waals surface area contributed by atoms with Gasteiger partial charge in [0.25, 0.3) is 0 Å². The first-order chi connectivity index (χ1) is 8.97. The maximum atomic E-state index is 11.8. The number of carbonyl (C=O) groups is 1. The molecule has 0 radical (unpaired) electrons. The van der Waals surface area contributed by atoms with E-state index >= 15 is 0 Å². The van der Waals surface area contributed by atoms with Crippen LogP contribution in [0.5, 0.6) is 0 Å². The summed E-state index contributed by atoms with van der Waals surface area (Å²) in [5, 5.41) is 8.78. The molecule has 1 N–H and O–H groups in total. The van der Waals surface area contributed by atoms with E-state index in [1.54, 1.807) is 13.0 Å². The van der Waals surface area contributed by atoms with E-state index in [0.29, 0.717) is 11.4 Å². The van der Waals surface area contributed by atoms with E-state index in [4.69, 9.17) is 5.11 Å². The minimum Gasteiger partial charge on any atom is -0.478 e. The number of aromatic nitrogens is 3. The van der Waals surface area contributed by atoms with Gasteiger partial charge in [0.05, 0.1) is 17.8 Å². The molecule has 0 fully saturated rings. The van der Waals surface area contributed by atoms with Gasteiger partial charge in [-0.2, -0.15) is 4.98 Å². The van der Waals surface area contributed by atoms with Crippen molar-refractivity contribution in [1.29, 1.82) is 0 Å². The lowest BCUT2D eigenvalue weighted by Gasteiger charge is -2.09. The zero-order valence-corrected chi connectivity index (χ0v) is 10.6. The van der Waals surface area contributed by atoms with Gasteiger partial charge in [0.1, 0.15) is 0 Å². The quantitative estimate of drug-likeness (QED) is 0.888. The van der Waals surface area contributed by atoms with E-state index in [0.717, 1.165) is 5.69 Å². The van der Waals surface area contributed by atoms with Crippen LogP contribution in [-0.4, -0.2) is 25.6 Å². The van der Waals surface area contributed by atoms with Crippen molar-refractivity contribution in [3.8, 4) is 0 Å². The molecule has 0 amide bonds. The summed E-state index contributed by atoms with van der Waals surface area (Å²) < 4.78 is 1.50. The molecule has 2 aromatic rings. The highest BCUT2D eigenvalue weighted by atomic mass is 16.4. The molecule has 0 aromatic carbocycles. The van der Waals surface area contributed by atoms with E-state index in [-0.39, 0.29) is 17.8 Å². The second kappa shape index (κ2) is 5.01. The topological polar surface area (TPSA) is 85.1 Å². The van der Waals surface area contributed by atoms with Gasteiger partial charge in [0.15, 0.2) is 0 Å². The predicted molar refractivity (Wildman–Crippen MR) is 68.3 cm³/mol. The number of rotatable bonds is 3. The molecule has 98 valence electrons. The lowest BCUT2D eigenvalue weighted by atomic mass is 10.2. The Labute approximate surface area is 109 Å². The number of carboxylic acid groups (broad SMARTS) is 1. The molecule has 19 heavy (non-hydrogen) atoms. The Morgan fingerprint density at radius 3 is 2.63 bits per heavy atom. The summed E-state index contributed by atoms with van der Waals surface area (Å²) in [5.41, 5.74) is 1.87. The molecule has 0 bridgehead atoms. The summed E-state index contributed by atoms with van der Waals surface area (Å²) in [5.74, 6) is -1.02. The van der Waals surface area contributed by atoms with Gasteiger partial charge in [-0.25, -0.2) is 9.59 Å². The monoisotopic (exact) mass is 259 g/mol. The third-order valence-corrected chi connectivity index (χ3v) is 2.74. The predicted octanol–water partition coefficient (Wildman–Crippen LogP) is 1.00. The summed E-state index contributed by atoms with van der Waals surface area (Å²) in [6.45, 7) is 3.86. The highest BCUT2D eigenvalue weighted by molar-refractivity contribution is 5.87. The van der Waals surface area contributed by atoms with Crippen molar-refractivity contribution in [2.24, 2.45) is 0 Å². The zero-order chi connectivity index (χ0) is 14.0. The molecule has 2 heterocycles. The number of aryl methyl sites for hydroxylation is 2. The first kappa shape index (κ1) is 12.9. The van der Waals surface area contributed by atoms with Crippen molar-refractivity contribution in [3.05, 3.63) is 57.5 Å². The first-order valence-corrected chi connectivity index (χ1v) is 5.70. The van der Waals surface area contributed by atoms with Gasteiger partial charge in [-0.05, 0) is 32.0 Å². The van der Waals surface area contributed by atoms with Gasteiger partial charge >= 0.3 is 11.7 Å². The van der Waals surface area contributed by atoms with Crippen LogP contribution in [0.4, 0.5) is 0 Å². The normalized spacial score (nSPS) is 10.4. The Morgan fingerprint density at radius 2 is 2.11 bits per heavy atom. The number of nitrogens with zero attached hydrogens (tertiary/aromatic N) is 3. The van der Waals surface area contributed by atoms with Crippen LogP contribution in [0.1, 0.15) is 27.4 Å². The Morgan fingerprint density at radius 1 is 1.37 bits per heavy atom. The largest absolute Gasteiger partial charge is 0.478 e. The summed E-state index contributed by atoms with van der Waals surface area (Å²) in [6, 6.07) is 4.87. The molecule has 2 rings (SSSR count). The summed E-state index contributed by atoms with van der Waals surface area (Å²) in [7, 11) is 0. The molecule has 6 nitrogen and oxygen atoms in total. The van der Waals surface area contributed by atoms with Crippen molar-refractivity contribution in [2.45, 2.75) is 20.4 Å². The average Bonchev–Trinajstić information content (AvgIpc) is 2.34. The molecule has 2 aromatic heterocycles. The van der Waals surface area contributed by atoms with Crippen LogP contribution in [0.2, 0.25) is 0 Å². The number of hydrogen-bond donors (Lipinski definition) is 1. The Kier molecular flexibility index (Phi) is 3.41. The number of carboxylic acids is 1. The molecule has 6 heteroatoms. The molecular weight excluding hydrogens is 246 g/mol. The highest BCUT2D eigenvalue weighted by Crippen LogP contribution is 2.04. The van der Waals surface area contributed by atoms with Crippen LogP contribution in [0.25, 0.3) is 0 Å². The molecule has 0 unspecified atom stereocenters. The van der Waals surface area contributed by atoms with Crippen LogP contribution >= 0.6 is 0 Å². The van der Waals surface area contributed by atoms with Crippen molar-refractivity contribution in [1.82, 2.24) is 14.5 Å². The van der Waals surface area contributed by atoms with E-state index in [9.17, 15) is 9.59 Å². The van der Waals surface area contributed by atoms with E-state index < -0.39 is 5.97 Å². The third kappa shape index (κ3) is 2.85. The summed E-state index contributed by atoms with van der Waals surface area (Å²) >= 11 is 0. The number of pyridine rings is 1. The van der Waals surface area contributed by atoms with E-state index in [1.165, 1.54) is 16.8 Å². The minimum absolute atomic E-state index is 0.120. The zero-order valence-electron chi connectivity index (χ0n) is 10.6. The fourth-order valence-corrected chi connectivity index (χ4v) is 1.77. The van der Waals surface area contributed by atoms with Crippen molar-refractivity contribution < 1.29 is 9.90 Å². The Hall–Kier alpha value is -2.50.